The van der Waals surface area contributed by atoms with E-state index < -0.39 is 5.82 Å². The average molecular weight is 280 g/mol. The van der Waals surface area contributed by atoms with Gasteiger partial charge < -0.3 is 11.1 Å². The monoisotopic (exact) mass is 280 g/mol. The van der Waals surface area contributed by atoms with E-state index in [1.54, 1.807) is 6.07 Å². The molecule has 0 saturated heterocycles. The number of nitrogens with two attached hydrogens (primary N) is 1. The van der Waals surface area contributed by atoms with Crippen molar-refractivity contribution < 1.29 is 9.18 Å². The summed E-state index contributed by atoms with van der Waals surface area (Å²) in [5.74, 6) is -0.196. The Morgan fingerprint density at radius 3 is 2.68 bits per heavy atom. The minimum atomic E-state index is -0.509. The van der Waals surface area contributed by atoms with E-state index in [1.165, 1.54) is 25.0 Å². The lowest BCUT2D eigenvalue weighted by Crippen LogP contribution is -2.16. The van der Waals surface area contributed by atoms with Crippen molar-refractivity contribution in [3.8, 4) is 0 Å². The lowest BCUT2D eigenvalue weighted by atomic mass is 10.0. The molecule has 0 aliphatic heterocycles. The van der Waals surface area contributed by atoms with Crippen molar-refractivity contribution in [1.29, 1.82) is 0 Å². The van der Waals surface area contributed by atoms with Gasteiger partial charge in [-0.25, -0.2) is 4.39 Å². The van der Waals surface area contributed by atoms with Gasteiger partial charge in [-0.3, -0.25) is 4.79 Å². The highest BCUT2D eigenvalue weighted by Gasteiger charge is 2.19. The molecule has 0 unspecified atom stereocenters. The summed E-state index contributed by atoms with van der Waals surface area (Å²) in [6, 6.07) is 4.35. The molecule has 0 heterocycles. The lowest BCUT2D eigenvalue weighted by molar-refractivity contribution is -0.117. The number of benzene rings is 1. The summed E-state index contributed by atoms with van der Waals surface area (Å²) in [7, 11) is 0. The first-order valence-corrected chi connectivity index (χ1v) is 6.86. The van der Waals surface area contributed by atoms with Crippen molar-refractivity contribution in [2.75, 3.05) is 5.32 Å². The number of anilines is 1. The van der Waals surface area contributed by atoms with Crippen molar-refractivity contribution in [1.82, 2.24) is 0 Å². The first-order valence-electron chi connectivity index (χ1n) is 6.45. The van der Waals surface area contributed by atoms with Crippen molar-refractivity contribution in [2.24, 2.45) is 11.7 Å². The number of carbonyl (C=O) groups excluding carboxylic acids is 1. The summed E-state index contributed by atoms with van der Waals surface area (Å²) < 4.78 is 13.8. The van der Waals surface area contributed by atoms with Gasteiger partial charge in [0.2, 0.25) is 5.91 Å². The van der Waals surface area contributed by atoms with E-state index in [0.717, 1.165) is 12.8 Å². The molecule has 1 fully saturated rings. The third kappa shape index (κ3) is 3.73. The van der Waals surface area contributed by atoms with Crippen LogP contribution < -0.4 is 11.1 Å². The van der Waals surface area contributed by atoms with Crippen LogP contribution in [0.25, 0.3) is 0 Å². The molecule has 0 atom stereocenters. The minimum absolute atomic E-state index is 0.131. The van der Waals surface area contributed by atoms with E-state index in [0.29, 0.717) is 17.9 Å². The normalized spacial score (nSPS) is 15.4. The van der Waals surface area contributed by atoms with Gasteiger partial charge in [0.1, 0.15) is 10.8 Å². The molecule has 1 amide bonds. The third-order valence-corrected chi connectivity index (χ3v) is 3.71. The van der Waals surface area contributed by atoms with Gasteiger partial charge in [0.05, 0.1) is 5.69 Å². The SMILES string of the molecule is NC(=S)c1ccc(NC(=O)CC2CCCC2)c(F)c1. The molecular formula is C14H17FN2OS. The minimum Gasteiger partial charge on any atom is -0.389 e. The lowest BCUT2D eigenvalue weighted by Gasteiger charge is -2.10. The van der Waals surface area contributed by atoms with E-state index in [1.807, 2.05) is 0 Å². The number of carbonyl (C=O) groups is 1. The molecule has 19 heavy (non-hydrogen) atoms. The summed E-state index contributed by atoms with van der Waals surface area (Å²) >= 11 is 4.77. The molecule has 1 saturated carbocycles. The van der Waals surface area contributed by atoms with Crippen LogP contribution in [0.1, 0.15) is 37.7 Å². The number of hydrogen-bond donors (Lipinski definition) is 2. The largest absolute Gasteiger partial charge is 0.389 e. The number of hydrogen-bond acceptors (Lipinski definition) is 2. The van der Waals surface area contributed by atoms with Gasteiger partial charge in [0, 0.05) is 12.0 Å². The smallest absolute Gasteiger partial charge is 0.224 e. The molecule has 3 nitrogen and oxygen atoms in total. The van der Waals surface area contributed by atoms with Crippen molar-refractivity contribution in [2.45, 2.75) is 32.1 Å². The van der Waals surface area contributed by atoms with E-state index in [9.17, 15) is 9.18 Å². The zero-order chi connectivity index (χ0) is 13.8. The highest BCUT2D eigenvalue weighted by molar-refractivity contribution is 7.80. The Morgan fingerprint density at radius 1 is 1.42 bits per heavy atom. The highest BCUT2D eigenvalue weighted by Crippen LogP contribution is 2.28. The predicted molar refractivity (Wildman–Crippen MR) is 77.5 cm³/mol. The molecule has 5 heteroatoms. The summed E-state index contributed by atoms with van der Waals surface area (Å²) in [6.07, 6.45) is 5.03. The third-order valence-electron chi connectivity index (χ3n) is 3.48. The second-order valence-electron chi connectivity index (χ2n) is 4.96. The van der Waals surface area contributed by atoms with Gasteiger partial charge >= 0.3 is 0 Å². The number of halogens is 1. The van der Waals surface area contributed by atoms with Gasteiger partial charge in [-0.1, -0.05) is 25.1 Å². The van der Waals surface area contributed by atoms with Crippen LogP contribution in [0, 0.1) is 11.7 Å². The second-order valence-corrected chi connectivity index (χ2v) is 5.40. The predicted octanol–water partition coefficient (Wildman–Crippen LogP) is 2.98. The van der Waals surface area contributed by atoms with Crippen LogP contribution in [0.5, 0.6) is 0 Å². The topological polar surface area (TPSA) is 55.1 Å². The number of thiocarbonyl (C=S) groups is 1. The molecule has 1 aromatic rings. The quantitative estimate of drug-likeness (QED) is 0.834. The number of amides is 1. The molecule has 1 aromatic carbocycles. The maximum absolute atomic E-state index is 13.8. The fourth-order valence-electron chi connectivity index (χ4n) is 2.45. The maximum atomic E-state index is 13.8. The van der Waals surface area contributed by atoms with Crippen LogP contribution in [0.15, 0.2) is 18.2 Å². The zero-order valence-electron chi connectivity index (χ0n) is 10.6. The van der Waals surface area contributed by atoms with Crippen molar-refractivity contribution in [3.05, 3.63) is 29.6 Å². The molecule has 1 aliphatic carbocycles. The van der Waals surface area contributed by atoms with Gasteiger partial charge in [0.25, 0.3) is 0 Å². The van der Waals surface area contributed by atoms with Gasteiger partial charge in [0.15, 0.2) is 0 Å². The molecule has 0 aromatic heterocycles. The molecule has 1 aliphatic rings. The van der Waals surface area contributed by atoms with Crippen LogP contribution in [0.4, 0.5) is 10.1 Å². The number of nitrogens with one attached hydrogen (secondary N) is 1. The molecule has 102 valence electrons. The molecular weight excluding hydrogens is 263 g/mol. The summed E-state index contributed by atoms with van der Waals surface area (Å²) in [4.78, 5) is 12.0. The Labute approximate surface area is 117 Å². The van der Waals surface area contributed by atoms with Crippen LogP contribution in [-0.2, 0) is 4.79 Å². The van der Waals surface area contributed by atoms with Crippen LogP contribution in [0.2, 0.25) is 0 Å². The first kappa shape index (κ1) is 13.9. The summed E-state index contributed by atoms with van der Waals surface area (Å²) in [6.45, 7) is 0. The Bertz CT molecular complexity index is 498. The average Bonchev–Trinajstić information content (AvgIpc) is 2.84. The zero-order valence-corrected chi connectivity index (χ0v) is 11.4. The van der Waals surface area contributed by atoms with E-state index in [4.69, 9.17) is 18.0 Å². The molecule has 0 radical (unpaired) electrons. The number of rotatable bonds is 4. The summed E-state index contributed by atoms with van der Waals surface area (Å²) in [5, 5.41) is 2.61. The first-order chi connectivity index (χ1) is 9.06. The summed E-state index contributed by atoms with van der Waals surface area (Å²) in [5.41, 5.74) is 6.06. The Morgan fingerprint density at radius 2 is 2.11 bits per heavy atom. The Kier molecular flexibility index (Phi) is 4.47. The fraction of sp³-hybridized carbons (Fsp3) is 0.429. The van der Waals surface area contributed by atoms with Gasteiger partial charge in [-0.05, 0) is 37.0 Å². The Hall–Kier alpha value is -1.49. The van der Waals surface area contributed by atoms with Crippen LogP contribution in [0.3, 0.4) is 0 Å². The van der Waals surface area contributed by atoms with E-state index >= 15 is 0 Å². The van der Waals surface area contributed by atoms with Crippen LogP contribution >= 0.6 is 12.2 Å². The standard InChI is InChI=1S/C14H17FN2OS/c15-11-8-10(14(16)19)5-6-12(11)17-13(18)7-9-3-1-2-4-9/h5-6,8-9H,1-4,7H2,(H2,16,19)(H,17,18). The molecule has 0 spiro atoms. The highest BCUT2D eigenvalue weighted by atomic mass is 32.1. The molecule has 2 rings (SSSR count). The van der Waals surface area contributed by atoms with Crippen molar-refractivity contribution >= 4 is 28.8 Å². The van der Waals surface area contributed by atoms with E-state index in [2.05, 4.69) is 5.32 Å². The van der Waals surface area contributed by atoms with Crippen LogP contribution in [-0.4, -0.2) is 10.9 Å². The second kappa shape index (κ2) is 6.10. The molecule has 3 N–H and O–H groups in total. The van der Waals surface area contributed by atoms with Gasteiger partial charge in [-0.2, -0.15) is 0 Å². The Balaban J connectivity index is 1.98. The fourth-order valence-corrected chi connectivity index (χ4v) is 2.57. The van der Waals surface area contributed by atoms with Crippen molar-refractivity contribution in [3.63, 3.8) is 0 Å². The maximum Gasteiger partial charge on any atom is 0.224 e. The van der Waals surface area contributed by atoms with E-state index in [-0.39, 0.29) is 16.6 Å². The van der Waals surface area contributed by atoms with Gasteiger partial charge in [-0.15, -0.1) is 0 Å². The molecule has 0 bridgehead atoms.